The average Bonchev–Trinajstić information content (AvgIpc) is 2.69. The highest BCUT2D eigenvalue weighted by Gasteiger charge is 2.18. The lowest BCUT2D eigenvalue weighted by atomic mass is 10.1. The number of methoxy groups -OCH3 is 1. The van der Waals surface area contributed by atoms with Crippen LogP contribution in [0.2, 0.25) is 0 Å². The Bertz CT molecular complexity index is 1100. The molecule has 0 aliphatic carbocycles. The van der Waals surface area contributed by atoms with Crippen molar-refractivity contribution in [3.05, 3.63) is 78.0 Å². The van der Waals surface area contributed by atoms with Gasteiger partial charge in [-0.25, -0.2) is 13.4 Å². The van der Waals surface area contributed by atoms with Crippen LogP contribution in [-0.4, -0.2) is 26.4 Å². The molecule has 144 valence electrons. The molecule has 1 aromatic heterocycles. The Hall–Kier alpha value is -3.39. The summed E-state index contributed by atoms with van der Waals surface area (Å²) in [7, 11) is -2.37. The quantitative estimate of drug-likeness (QED) is 0.664. The predicted octanol–water partition coefficient (Wildman–Crippen LogP) is 3.45. The van der Waals surface area contributed by atoms with E-state index < -0.39 is 10.0 Å². The van der Waals surface area contributed by atoms with Crippen molar-refractivity contribution in [3.8, 4) is 5.75 Å². The Balaban J connectivity index is 1.85. The molecule has 7 nitrogen and oxygen atoms in total. The summed E-state index contributed by atoms with van der Waals surface area (Å²) in [5, 5.41) is 2.66. The molecule has 0 aliphatic rings. The van der Waals surface area contributed by atoms with Gasteiger partial charge in [0.1, 0.15) is 5.75 Å². The number of carbonyl (C=O) groups is 1. The number of sulfonamides is 1. The Kier molecular flexibility index (Phi) is 5.60. The number of nitrogens with one attached hydrogen (secondary N) is 2. The zero-order valence-corrected chi connectivity index (χ0v) is 16.2. The van der Waals surface area contributed by atoms with Crippen molar-refractivity contribution in [2.75, 3.05) is 17.1 Å². The minimum absolute atomic E-state index is 0.0633. The Morgan fingerprint density at radius 1 is 1.00 bits per heavy atom. The van der Waals surface area contributed by atoms with E-state index in [9.17, 15) is 13.2 Å². The van der Waals surface area contributed by atoms with Crippen LogP contribution in [0.5, 0.6) is 5.75 Å². The largest absolute Gasteiger partial charge is 0.497 e. The van der Waals surface area contributed by atoms with Gasteiger partial charge < -0.3 is 10.1 Å². The van der Waals surface area contributed by atoms with E-state index in [1.165, 1.54) is 31.5 Å². The van der Waals surface area contributed by atoms with Crippen molar-refractivity contribution in [2.24, 2.45) is 0 Å². The summed E-state index contributed by atoms with van der Waals surface area (Å²) in [6.07, 6.45) is 1.47. The van der Waals surface area contributed by atoms with Gasteiger partial charge in [-0.2, -0.15) is 0 Å². The molecule has 0 aliphatic heterocycles. The summed E-state index contributed by atoms with van der Waals surface area (Å²) in [6.45, 7) is 1.82. The number of hydrogen-bond donors (Lipinski definition) is 2. The lowest BCUT2D eigenvalue weighted by Gasteiger charge is -2.13. The zero-order valence-electron chi connectivity index (χ0n) is 15.3. The van der Waals surface area contributed by atoms with Crippen LogP contribution in [0.3, 0.4) is 0 Å². The second-order valence-corrected chi connectivity index (χ2v) is 7.63. The zero-order chi connectivity index (χ0) is 20.1. The number of amides is 1. The smallest absolute Gasteiger partial charge is 0.262 e. The fourth-order valence-electron chi connectivity index (χ4n) is 2.55. The lowest BCUT2D eigenvalue weighted by molar-refractivity contribution is 0.102. The molecule has 0 unspecified atom stereocenters. The summed E-state index contributed by atoms with van der Waals surface area (Å²) in [6, 6.07) is 16.2. The first kappa shape index (κ1) is 19.4. The molecule has 3 rings (SSSR count). The number of aromatic nitrogens is 1. The maximum absolute atomic E-state index is 12.7. The van der Waals surface area contributed by atoms with Crippen LogP contribution in [0.25, 0.3) is 0 Å². The third kappa shape index (κ3) is 4.29. The highest BCUT2D eigenvalue weighted by atomic mass is 32.2. The van der Waals surface area contributed by atoms with Gasteiger partial charge in [0.25, 0.3) is 15.9 Å². The summed E-state index contributed by atoms with van der Waals surface area (Å²) in [4.78, 5) is 16.7. The van der Waals surface area contributed by atoms with Gasteiger partial charge in [-0.3, -0.25) is 9.52 Å². The highest BCUT2D eigenvalue weighted by Crippen LogP contribution is 2.24. The standard InChI is InChI=1S/C20H19N3O4S/c1-14-6-3-4-7-17(14)20(24)22-19-18(8-5-13-21-19)23-28(25,26)16-11-9-15(27-2)10-12-16/h3-13,23H,1-2H3,(H,21,22,24). The van der Waals surface area contributed by atoms with Gasteiger partial charge in [0.2, 0.25) is 0 Å². The first-order valence-electron chi connectivity index (χ1n) is 8.39. The van der Waals surface area contributed by atoms with Crippen molar-refractivity contribution < 1.29 is 17.9 Å². The summed E-state index contributed by atoms with van der Waals surface area (Å²) < 4.78 is 32.9. The second-order valence-electron chi connectivity index (χ2n) is 5.95. The van der Waals surface area contributed by atoms with Crippen molar-refractivity contribution in [2.45, 2.75) is 11.8 Å². The minimum atomic E-state index is -3.87. The van der Waals surface area contributed by atoms with Crippen molar-refractivity contribution >= 4 is 27.4 Å². The number of aryl methyl sites for hydroxylation is 1. The molecule has 0 bridgehead atoms. The molecule has 1 heterocycles. The predicted molar refractivity (Wildman–Crippen MR) is 107 cm³/mol. The molecule has 3 aromatic rings. The van der Waals surface area contributed by atoms with Crippen LogP contribution >= 0.6 is 0 Å². The average molecular weight is 397 g/mol. The summed E-state index contributed by atoms with van der Waals surface area (Å²) >= 11 is 0. The molecule has 2 aromatic carbocycles. The molecule has 0 radical (unpaired) electrons. The number of ether oxygens (including phenoxy) is 1. The molecular formula is C20H19N3O4S. The Morgan fingerprint density at radius 3 is 2.39 bits per heavy atom. The van der Waals surface area contributed by atoms with Gasteiger partial charge in [-0.05, 0) is 55.0 Å². The van der Waals surface area contributed by atoms with Gasteiger partial charge in [-0.1, -0.05) is 18.2 Å². The molecule has 2 N–H and O–H groups in total. The van der Waals surface area contributed by atoms with E-state index >= 15 is 0 Å². The van der Waals surface area contributed by atoms with Crippen molar-refractivity contribution in [1.82, 2.24) is 4.98 Å². The minimum Gasteiger partial charge on any atom is -0.497 e. The Morgan fingerprint density at radius 2 is 1.71 bits per heavy atom. The molecule has 8 heteroatoms. The van der Waals surface area contributed by atoms with Gasteiger partial charge in [-0.15, -0.1) is 0 Å². The normalized spacial score (nSPS) is 10.9. The van der Waals surface area contributed by atoms with E-state index in [4.69, 9.17) is 4.74 Å². The number of rotatable bonds is 6. The van der Waals surface area contributed by atoms with Crippen LogP contribution in [0, 0.1) is 6.92 Å². The summed E-state index contributed by atoms with van der Waals surface area (Å²) in [5.74, 6) is 0.293. The van der Waals surface area contributed by atoms with Gasteiger partial charge in [0.15, 0.2) is 5.82 Å². The third-order valence-corrected chi connectivity index (χ3v) is 5.42. The number of carbonyl (C=O) groups excluding carboxylic acids is 1. The van der Waals surface area contributed by atoms with Gasteiger partial charge >= 0.3 is 0 Å². The lowest BCUT2D eigenvalue weighted by Crippen LogP contribution is -2.18. The monoisotopic (exact) mass is 397 g/mol. The van der Waals surface area contributed by atoms with Crippen LogP contribution in [0.4, 0.5) is 11.5 Å². The van der Waals surface area contributed by atoms with Gasteiger partial charge in [0.05, 0.1) is 17.7 Å². The highest BCUT2D eigenvalue weighted by molar-refractivity contribution is 7.92. The maximum Gasteiger partial charge on any atom is 0.262 e. The fourth-order valence-corrected chi connectivity index (χ4v) is 3.61. The maximum atomic E-state index is 12.7. The number of nitrogens with zero attached hydrogens (tertiary/aromatic N) is 1. The van der Waals surface area contributed by atoms with Crippen LogP contribution < -0.4 is 14.8 Å². The van der Waals surface area contributed by atoms with Gasteiger partial charge in [0, 0.05) is 11.8 Å². The molecule has 0 spiro atoms. The molecular weight excluding hydrogens is 378 g/mol. The first-order valence-corrected chi connectivity index (χ1v) is 9.88. The van der Waals surface area contributed by atoms with Crippen LogP contribution in [0.1, 0.15) is 15.9 Å². The number of hydrogen-bond acceptors (Lipinski definition) is 5. The number of pyridine rings is 1. The van der Waals surface area contributed by atoms with E-state index in [1.54, 1.807) is 30.3 Å². The molecule has 0 saturated carbocycles. The third-order valence-electron chi connectivity index (χ3n) is 4.04. The molecule has 28 heavy (non-hydrogen) atoms. The fraction of sp³-hybridized carbons (Fsp3) is 0.100. The second kappa shape index (κ2) is 8.10. The SMILES string of the molecule is COc1ccc(S(=O)(=O)Nc2cccnc2NC(=O)c2ccccc2C)cc1. The van der Waals surface area contributed by atoms with E-state index in [0.717, 1.165) is 5.56 Å². The van der Waals surface area contributed by atoms with Crippen LogP contribution in [-0.2, 0) is 10.0 Å². The van der Waals surface area contributed by atoms with E-state index in [1.807, 2.05) is 19.1 Å². The van der Waals surface area contributed by atoms with E-state index in [0.29, 0.717) is 11.3 Å². The molecule has 0 saturated heterocycles. The van der Waals surface area contributed by atoms with Crippen molar-refractivity contribution in [1.29, 1.82) is 0 Å². The Labute approximate surface area is 163 Å². The number of benzene rings is 2. The number of anilines is 2. The topological polar surface area (TPSA) is 97.4 Å². The molecule has 1 amide bonds. The van der Waals surface area contributed by atoms with Crippen molar-refractivity contribution in [3.63, 3.8) is 0 Å². The first-order chi connectivity index (χ1) is 13.4. The molecule has 0 atom stereocenters. The van der Waals surface area contributed by atoms with Crippen LogP contribution in [0.15, 0.2) is 71.8 Å². The van der Waals surface area contributed by atoms with E-state index in [2.05, 4.69) is 15.0 Å². The molecule has 0 fully saturated rings. The van der Waals surface area contributed by atoms with E-state index in [-0.39, 0.29) is 22.3 Å². The summed E-state index contributed by atoms with van der Waals surface area (Å²) in [5.41, 5.74) is 1.45.